The van der Waals surface area contributed by atoms with Gasteiger partial charge in [-0.1, -0.05) is 0 Å². The lowest BCUT2D eigenvalue weighted by atomic mass is 9.99. The number of rotatable bonds is 3. The first-order valence-electron chi connectivity index (χ1n) is 6.53. The number of piperidine rings is 1. The number of hydrogen-bond donors (Lipinski definition) is 2. The van der Waals surface area contributed by atoms with Crippen molar-refractivity contribution in [2.75, 3.05) is 32.7 Å². The second kappa shape index (κ2) is 7.59. The summed E-state index contributed by atoms with van der Waals surface area (Å²) in [6.07, 6.45) is 4.15. The third-order valence-corrected chi connectivity index (χ3v) is 3.54. The maximum atomic E-state index is 11.8. The fourth-order valence-corrected chi connectivity index (χ4v) is 2.46. The largest absolute Gasteiger partial charge is 0.347 e. The van der Waals surface area contributed by atoms with Gasteiger partial charge in [0.05, 0.1) is 12.5 Å². The van der Waals surface area contributed by atoms with Gasteiger partial charge in [-0.2, -0.15) is 0 Å². The predicted octanol–water partition coefficient (Wildman–Crippen LogP) is 0.146. The quantitative estimate of drug-likeness (QED) is 0.771. The lowest BCUT2D eigenvalue weighted by Crippen LogP contribution is -2.44. The summed E-state index contributed by atoms with van der Waals surface area (Å²) in [5, 5.41) is 5.96. The van der Waals surface area contributed by atoms with Crippen molar-refractivity contribution in [3.05, 3.63) is 0 Å². The van der Waals surface area contributed by atoms with Gasteiger partial charge in [-0.05, 0) is 32.2 Å². The molecule has 104 valence electrons. The summed E-state index contributed by atoms with van der Waals surface area (Å²) in [6, 6.07) is 0. The van der Waals surface area contributed by atoms with Crippen LogP contribution < -0.4 is 10.6 Å². The van der Waals surface area contributed by atoms with Gasteiger partial charge < -0.3 is 15.5 Å². The van der Waals surface area contributed by atoms with Crippen molar-refractivity contribution in [2.24, 2.45) is 5.92 Å². The summed E-state index contributed by atoms with van der Waals surface area (Å²) in [5.74, 6) is 0.111. The molecule has 0 bridgehead atoms. The van der Waals surface area contributed by atoms with E-state index < -0.39 is 0 Å². The van der Waals surface area contributed by atoms with E-state index in [4.69, 9.17) is 0 Å². The van der Waals surface area contributed by atoms with Gasteiger partial charge in [0.25, 0.3) is 0 Å². The second-order valence-electron chi connectivity index (χ2n) is 4.85. The Balaban J connectivity index is 0.00000162. The van der Waals surface area contributed by atoms with Gasteiger partial charge in [0.1, 0.15) is 0 Å². The maximum Gasteiger partial charge on any atom is 0.241 e. The number of nitrogens with one attached hydrogen (secondary N) is 2. The number of carbonyl (C=O) groups is 2. The summed E-state index contributed by atoms with van der Waals surface area (Å²) in [7, 11) is 0. The average Bonchev–Trinajstić information content (AvgIpc) is 2.90. The highest BCUT2D eigenvalue weighted by atomic mass is 35.5. The Kier molecular flexibility index (Phi) is 6.43. The Labute approximate surface area is 114 Å². The highest BCUT2D eigenvalue weighted by Crippen LogP contribution is 2.10. The summed E-state index contributed by atoms with van der Waals surface area (Å²) >= 11 is 0. The monoisotopic (exact) mass is 275 g/mol. The molecule has 2 fully saturated rings. The number of likely N-dealkylation sites (tertiary alicyclic amines) is 1. The van der Waals surface area contributed by atoms with Crippen LogP contribution in [0.15, 0.2) is 0 Å². The zero-order valence-corrected chi connectivity index (χ0v) is 11.4. The van der Waals surface area contributed by atoms with Gasteiger partial charge in [-0.15, -0.1) is 12.4 Å². The molecule has 0 radical (unpaired) electrons. The van der Waals surface area contributed by atoms with Crippen LogP contribution in [-0.4, -0.2) is 49.4 Å². The standard InChI is InChI=1S/C12H21N3O2.ClH/c16-11(15-6-1-2-7-15)9-14-12(17)10-4-3-5-13-8-10;/h10,13H,1-9H2,(H,14,17);1H. The van der Waals surface area contributed by atoms with Crippen molar-refractivity contribution in [1.82, 2.24) is 15.5 Å². The minimum absolute atomic E-state index is 0. The third-order valence-electron chi connectivity index (χ3n) is 3.54. The second-order valence-corrected chi connectivity index (χ2v) is 4.85. The van der Waals surface area contributed by atoms with Crippen molar-refractivity contribution in [1.29, 1.82) is 0 Å². The molecule has 2 N–H and O–H groups in total. The van der Waals surface area contributed by atoms with Crippen LogP contribution in [0.4, 0.5) is 0 Å². The van der Waals surface area contributed by atoms with E-state index in [0.717, 1.165) is 51.9 Å². The highest BCUT2D eigenvalue weighted by Gasteiger charge is 2.23. The maximum absolute atomic E-state index is 11.8. The lowest BCUT2D eigenvalue weighted by Gasteiger charge is -2.22. The first-order chi connectivity index (χ1) is 8.27. The summed E-state index contributed by atoms with van der Waals surface area (Å²) in [6.45, 7) is 3.59. The molecule has 18 heavy (non-hydrogen) atoms. The number of amides is 2. The summed E-state index contributed by atoms with van der Waals surface area (Å²) < 4.78 is 0. The van der Waals surface area contributed by atoms with Crippen LogP contribution in [0.3, 0.4) is 0 Å². The van der Waals surface area contributed by atoms with Crippen LogP contribution in [0.25, 0.3) is 0 Å². The van der Waals surface area contributed by atoms with E-state index in [-0.39, 0.29) is 36.7 Å². The van der Waals surface area contributed by atoms with Gasteiger partial charge in [-0.3, -0.25) is 9.59 Å². The van der Waals surface area contributed by atoms with Crippen LogP contribution in [0.5, 0.6) is 0 Å². The third kappa shape index (κ3) is 4.14. The Morgan fingerprint density at radius 1 is 1.22 bits per heavy atom. The minimum atomic E-state index is 0. The average molecular weight is 276 g/mol. The van der Waals surface area contributed by atoms with Crippen LogP contribution in [0.2, 0.25) is 0 Å². The Morgan fingerprint density at radius 2 is 1.94 bits per heavy atom. The number of carbonyl (C=O) groups excluding carboxylic acids is 2. The van der Waals surface area contributed by atoms with E-state index in [2.05, 4.69) is 10.6 Å². The molecule has 0 aromatic heterocycles. The zero-order chi connectivity index (χ0) is 12.1. The lowest BCUT2D eigenvalue weighted by molar-refractivity contribution is -0.133. The number of halogens is 1. The van der Waals surface area contributed by atoms with Crippen molar-refractivity contribution < 1.29 is 9.59 Å². The smallest absolute Gasteiger partial charge is 0.241 e. The van der Waals surface area contributed by atoms with Crippen LogP contribution in [0, 0.1) is 5.92 Å². The molecule has 0 aromatic rings. The van der Waals surface area contributed by atoms with Crippen molar-refractivity contribution in [3.8, 4) is 0 Å². The molecule has 2 aliphatic rings. The number of nitrogens with zero attached hydrogens (tertiary/aromatic N) is 1. The van der Waals surface area contributed by atoms with Crippen molar-refractivity contribution in [2.45, 2.75) is 25.7 Å². The molecule has 2 amide bonds. The molecule has 1 unspecified atom stereocenters. The van der Waals surface area contributed by atoms with E-state index in [1.807, 2.05) is 4.90 Å². The summed E-state index contributed by atoms with van der Waals surface area (Å²) in [4.78, 5) is 25.4. The van der Waals surface area contributed by atoms with Gasteiger partial charge in [0.2, 0.25) is 11.8 Å². The first kappa shape index (κ1) is 15.2. The van der Waals surface area contributed by atoms with Gasteiger partial charge in [0, 0.05) is 19.6 Å². The Hall–Kier alpha value is -0.810. The normalized spacial score (nSPS) is 23.3. The van der Waals surface area contributed by atoms with Crippen LogP contribution in [0.1, 0.15) is 25.7 Å². The van der Waals surface area contributed by atoms with E-state index in [9.17, 15) is 9.59 Å². The minimum Gasteiger partial charge on any atom is -0.347 e. The molecular formula is C12H22ClN3O2. The molecule has 1 atom stereocenters. The Bertz CT molecular complexity index is 287. The molecule has 2 heterocycles. The zero-order valence-electron chi connectivity index (χ0n) is 10.6. The molecule has 0 spiro atoms. The molecule has 0 aromatic carbocycles. The Morgan fingerprint density at radius 3 is 2.56 bits per heavy atom. The fraction of sp³-hybridized carbons (Fsp3) is 0.833. The van der Waals surface area contributed by atoms with Crippen molar-refractivity contribution >= 4 is 24.2 Å². The molecular weight excluding hydrogens is 254 g/mol. The van der Waals surface area contributed by atoms with E-state index in [0.29, 0.717) is 0 Å². The molecule has 5 nitrogen and oxygen atoms in total. The summed E-state index contributed by atoms with van der Waals surface area (Å²) in [5.41, 5.74) is 0. The van der Waals surface area contributed by atoms with E-state index in [1.165, 1.54) is 0 Å². The molecule has 2 aliphatic heterocycles. The molecule has 0 aliphatic carbocycles. The van der Waals surface area contributed by atoms with E-state index >= 15 is 0 Å². The molecule has 0 saturated carbocycles. The van der Waals surface area contributed by atoms with Gasteiger partial charge >= 0.3 is 0 Å². The van der Waals surface area contributed by atoms with Gasteiger partial charge in [0.15, 0.2) is 0 Å². The topological polar surface area (TPSA) is 61.4 Å². The molecule has 2 saturated heterocycles. The fourth-order valence-electron chi connectivity index (χ4n) is 2.46. The first-order valence-corrected chi connectivity index (χ1v) is 6.53. The number of hydrogen-bond acceptors (Lipinski definition) is 3. The highest BCUT2D eigenvalue weighted by molar-refractivity contribution is 5.86. The molecule has 2 rings (SSSR count). The van der Waals surface area contributed by atoms with Crippen LogP contribution in [-0.2, 0) is 9.59 Å². The van der Waals surface area contributed by atoms with E-state index in [1.54, 1.807) is 0 Å². The van der Waals surface area contributed by atoms with Crippen molar-refractivity contribution in [3.63, 3.8) is 0 Å². The van der Waals surface area contributed by atoms with Gasteiger partial charge in [-0.25, -0.2) is 0 Å². The molecule has 6 heteroatoms. The SMILES string of the molecule is Cl.O=C(NCC(=O)N1CCCC1)C1CCCNC1. The van der Waals surface area contributed by atoms with Crippen LogP contribution >= 0.6 is 12.4 Å². The predicted molar refractivity (Wildman–Crippen MR) is 71.7 cm³/mol.